The summed E-state index contributed by atoms with van der Waals surface area (Å²) in [6, 6.07) is 9.28. The number of aromatic amines is 1. The van der Waals surface area contributed by atoms with Gasteiger partial charge in [-0.15, -0.1) is 0 Å². The zero-order chi connectivity index (χ0) is 13.1. The standard InChI is InChI=1S/C12H12N4O2/c1-16-11(17)9(10(13)15-12(16)18)14-7-8-5-3-2-4-6-8/h2-7H,13H2,1H3,(H,15,18)/b14-7+. The molecule has 1 heterocycles. The molecule has 1 aromatic heterocycles. The molecule has 1 aromatic carbocycles. The van der Waals surface area contributed by atoms with Gasteiger partial charge in [-0.25, -0.2) is 9.79 Å². The number of hydrogen-bond donors (Lipinski definition) is 2. The third-order valence-corrected chi connectivity index (χ3v) is 2.45. The van der Waals surface area contributed by atoms with Crippen molar-refractivity contribution in [3.63, 3.8) is 0 Å². The van der Waals surface area contributed by atoms with Crippen molar-refractivity contribution in [2.24, 2.45) is 12.0 Å². The van der Waals surface area contributed by atoms with Crippen molar-refractivity contribution >= 4 is 17.7 Å². The highest BCUT2D eigenvalue weighted by Crippen LogP contribution is 2.10. The smallest absolute Gasteiger partial charge is 0.329 e. The Hall–Kier alpha value is -2.63. The first kappa shape index (κ1) is 11.8. The highest BCUT2D eigenvalue weighted by atomic mass is 16.2. The molecular formula is C12H12N4O2. The van der Waals surface area contributed by atoms with Gasteiger partial charge in [0.15, 0.2) is 5.69 Å². The van der Waals surface area contributed by atoms with Crippen molar-refractivity contribution in [2.75, 3.05) is 5.73 Å². The molecule has 6 nitrogen and oxygen atoms in total. The van der Waals surface area contributed by atoms with Gasteiger partial charge in [-0.1, -0.05) is 30.3 Å². The van der Waals surface area contributed by atoms with Crippen LogP contribution >= 0.6 is 0 Å². The summed E-state index contributed by atoms with van der Waals surface area (Å²) in [5.41, 5.74) is 5.36. The number of nitrogen functional groups attached to an aromatic ring is 1. The molecule has 2 rings (SSSR count). The van der Waals surface area contributed by atoms with E-state index in [1.54, 1.807) is 0 Å². The minimum atomic E-state index is -0.559. The maximum atomic E-state index is 11.8. The maximum absolute atomic E-state index is 11.8. The molecule has 0 atom stereocenters. The first-order chi connectivity index (χ1) is 8.59. The van der Waals surface area contributed by atoms with Gasteiger partial charge in [-0.2, -0.15) is 0 Å². The molecule has 0 aliphatic carbocycles. The third kappa shape index (κ3) is 2.22. The summed E-state index contributed by atoms with van der Waals surface area (Å²) >= 11 is 0. The lowest BCUT2D eigenvalue weighted by atomic mass is 10.2. The number of hydrogen-bond acceptors (Lipinski definition) is 4. The van der Waals surface area contributed by atoms with Crippen LogP contribution in [0.4, 0.5) is 11.5 Å². The van der Waals surface area contributed by atoms with Gasteiger partial charge in [-0.05, 0) is 5.56 Å². The van der Waals surface area contributed by atoms with Crippen molar-refractivity contribution in [3.05, 3.63) is 56.7 Å². The second-order valence-electron chi connectivity index (χ2n) is 3.73. The fraction of sp³-hybridized carbons (Fsp3) is 0.0833. The Balaban J connectivity index is 2.48. The van der Waals surface area contributed by atoms with Gasteiger partial charge in [0.25, 0.3) is 5.56 Å². The number of H-pyrrole nitrogens is 1. The first-order valence-electron chi connectivity index (χ1n) is 5.27. The Morgan fingerprint density at radius 1 is 1.28 bits per heavy atom. The van der Waals surface area contributed by atoms with Gasteiger partial charge in [0.05, 0.1) is 0 Å². The quantitative estimate of drug-likeness (QED) is 0.749. The van der Waals surface area contributed by atoms with Crippen LogP contribution in [0.25, 0.3) is 0 Å². The molecule has 6 heteroatoms. The van der Waals surface area contributed by atoms with E-state index in [0.717, 1.165) is 10.1 Å². The molecule has 0 bridgehead atoms. The number of nitrogens with one attached hydrogen (secondary N) is 1. The van der Waals surface area contributed by atoms with E-state index in [0.29, 0.717) is 0 Å². The lowest BCUT2D eigenvalue weighted by molar-refractivity contribution is 0.780. The number of nitrogens with zero attached hydrogens (tertiary/aromatic N) is 2. The van der Waals surface area contributed by atoms with Crippen molar-refractivity contribution in [3.8, 4) is 0 Å². The molecule has 0 radical (unpaired) electrons. The Bertz CT molecular complexity index is 698. The highest BCUT2D eigenvalue weighted by molar-refractivity contribution is 5.82. The summed E-state index contributed by atoms with van der Waals surface area (Å²) in [5, 5.41) is 0. The van der Waals surface area contributed by atoms with E-state index < -0.39 is 11.2 Å². The average molecular weight is 244 g/mol. The normalized spacial score (nSPS) is 10.9. The van der Waals surface area contributed by atoms with Crippen LogP contribution < -0.4 is 17.0 Å². The highest BCUT2D eigenvalue weighted by Gasteiger charge is 2.07. The second-order valence-corrected chi connectivity index (χ2v) is 3.73. The van der Waals surface area contributed by atoms with E-state index in [1.165, 1.54) is 13.3 Å². The molecule has 0 amide bonds. The first-order valence-corrected chi connectivity index (χ1v) is 5.27. The number of aromatic nitrogens is 2. The van der Waals surface area contributed by atoms with E-state index >= 15 is 0 Å². The van der Waals surface area contributed by atoms with Crippen molar-refractivity contribution < 1.29 is 0 Å². The average Bonchev–Trinajstić information content (AvgIpc) is 2.37. The Morgan fingerprint density at radius 2 is 1.94 bits per heavy atom. The fourth-order valence-corrected chi connectivity index (χ4v) is 1.43. The minimum Gasteiger partial charge on any atom is -0.383 e. The largest absolute Gasteiger partial charge is 0.383 e. The molecule has 18 heavy (non-hydrogen) atoms. The van der Waals surface area contributed by atoms with E-state index in [2.05, 4.69) is 9.98 Å². The Morgan fingerprint density at radius 3 is 2.61 bits per heavy atom. The number of benzene rings is 1. The molecule has 0 saturated carbocycles. The Kier molecular flexibility index (Phi) is 3.09. The van der Waals surface area contributed by atoms with Crippen LogP contribution in [0.15, 0.2) is 44.9 Å². The molecule has 0 aliphatic rings. The summed E-state index contributed by atoms with van der Waals surface area (Å²) in [4.78, 5) is 29.4. The fourth-order valence-electron chi connectivity index (χ4n) is 1.43. The van der Waals surface area contributed by atoms with E-state index in [-0.39, 0.29) is 11.5 Å². The van der Waals surface area contributed by atoms with Crippen LogP contribution in [0.3, 0.4) is 0 Å². The zero-order valence-electron chi connectivity index (χ0n) is 9.75. The van der Waals surface area contributed by atoms with Crippen molar-refractivity contribution in [1.29, 1.82) is 0 Å². The van der Waals surface area contributed by atoms with Gasteiger partial charge < -0.3 is 5.73 Å². The number of nitrogens with two attached hydrogens (primary N) is 1. The van der Waals surface area contributed by atoms with E-state index in [9.17, 15) is 9.59 Å². The molecule has 0 aliphatic heterocycles. The summed E-state index contributed by atoms with van der Waals surface area (Å²) in [5.74, 6) is -0.0321. The summed E-state index contributed by atoms with van der Waals surface area (Å²) < 4.78 is 0.925. The second kappa shape index (κ2) is 4.70. The molecule has 0 spiro atoms. The van der Waals surface area contributed by atoms with Crippen LogP contribution in [0.1, 0.15) is 5.56 Å². The predicted octanol–water partition coefficient (Wildman–Crippen LogP) is 0.406. The predicted molar refractivity (Wildman–Crippen MR) is 70.4 cm³/mol. The van der Waals surface area contributed by atoms with Crippen LogP contribution in [0.2, 0.25) is 0 Å². The molecule has 2 aromatic rings. The minimum absolute atomic E-state index is 0.0287. The van der Waals surface area contributed by atoms with Gasteiger partial charge in [-0.3, -0.25) is 14.3 Å². The number of rotatable bonds is 2. The molecule has 92 valence electrons. The number of anilines is 1. The monoisotopic (exact) mass is 244 g/mol. The van der Waals surface area contributed by atoms with E-state index in [1.807, 2.05) is 30.3 Å². The molecule has 0 unspecified atom stereocenters. The molecule has 0 saturated heterocycles. The molecular weight excluding hydrogens is 232 g/mol. The van der Waals surface area contributed by atoms with Gasteiger partial charge in [0.2, 0.25) is 0 Å². The summed E-state index contributed by atoms with van der Waals surface area (Å²) in [6.45, 7) is 0. The van der Waals surface area contributed by atoms with Gasteiger partial charge in [0.1, 0.15) is 5.82 Å². The molecule has 3 N–H and O–H groups in total. The van der Waals surface area contributed by atoms with Crippen LogP contribution in [-0.2, 0) is 7.05 Å². The Labute approximate surface area is 102 Å². The van der Waals surface area contributed by atoms with Gasteiger partial charge in [0, 0.05) is 13.3 Å². The SMILES string of the molecule is Cn1c(=O)[nH]c(N)c(/N=C/c2ccccc2)c1=O. The third-order valence-electron chi connectivity index (χ3n) is 2.45. The van der Waals surface area contributed by atoms with Gasteiger partial charge >= 0.3 is 5.69 Å². The molecule has 0 fully saturated rings. The zero-order valence-corrected chi connectivity index (χ0v) is 9.75. The van der Waals surface area contributed by atoms with Crippen LogP contribution in [0, 0.1) is 0 Å². The lowest BCUT2D eigenvalue weighted by Gasteiger charge is -2.01. The maximum Gasteiger partial charge on any atom is 0.329 e. The summed E-state index contributed by atoms with van der Waals surface area (Å²) in [6.07, 6.45) is 1.52. The van der Waals surface area contributed by atoms with Crippen molar-refractivity contribution in [1.82, 2.24) is 9.55 Å². The van der Waals surface area contributed by atoms with Crippen LogP contribution in [0.5, 0.6) is 0 Å². The topological polar surface area (TPSA) is 93.2 Å². The van der Waals surface area contributed by atoms with E-state index in [4.69, 9.17) is 5.73 Å². The van der Waals surface area contributed by atoms with Crippen molar-refractivity contribution in [2.45, 2.75) is 0 Å². The number of aliphatic imine (C=N–C) groups is 1. The van der Waals surface area contributed by atoms with Crippen LogP contribution in [-0.4, -0.2) is 15.8 Å². The lowest BCUT2D eigenvalue weighted by Crippen LogP contribution is -2.33. The summed E-state index contributed by atoms with van der Waals surface area (Å²) in [7, 11) is 1.36.